The number of benzene rings is 1. The van der Waals surface area contributed by atoms with Gasteiger partial charge >= 0.3 is 0 Å². The Morgan fingerprint density at radius 3 is 2.78 bits per heavy atom. The maximum atomic E-state index is 6.17. The van der Waals surface area contributed by atoms with Crippen molar-refractivity contribution in [1.29, 1.82) is 0 Å². The lowest BCUT2D eigenvalue weighted by Crippen LogP contribution is -2.23. The number of nitrogens with zero attached hydrogens (tertiary/aromatic N) is 2. The van der Waals surface area contributed by atoms with Crippen molar-refractivity contribution in [3.8, 4) is 5.75 Å². The summed E-state index contributed by atoms with van der Waals surface area (Å²) in [6, 6.07) is 9.83. The van der Waals surface area contributed by atoms with Crippen LogP contribution < -0.4 is 10.5 Å². The van der Waals surface area contributed by atoms with Crippen molar-refractivity contribution in [2.75, 3.05) is 5.73 Å². The van der Waals surface area contributed by atoms with Crippen molar-refractivity contribution in [3.63, 3.8) is 0 Å². The molecule has 120 valence electrons. The zero-order valence-electron chi connectivity index (χ0n) is 13.2. The van der Waals surface area contributed by atoms with Crippen molar-refractivity contribution in [3.05, 3.63) is 64.9 Å². The number of thiophene rings is 1. The summed E-state index contributed by atoms with van der Waals surface area (Å²) in [5, 5.41) is 2.20. The SMILES string of the molecule is Cc1csc(CCC(Cn2ccnc2)Oc2ccc(N)cc2)c1. The number of aryl methyl sites for hydroxylation is 2. The van der Waals surface area contributed by atoms with Gasteiger partial charge in [-0.2, -0.15) is 0 Å². The lowest BCUT2D eigenvalue weighted by molar-refractivity contribution is 0.170. The highest BCUT2D eigenvalue weighted by atomic mass is 32.1. The zero-order valence-corrected chi connectivity index (χ0v) is 14.0. The van der Waals surface area contributed by atoms with Crippen LogP contribution in [0.2, 0.25) is 0 Å². The van der Waals surface area contributed by atoms with Gasteiger partial charge in [-0.15, -0.1) is 11.3 Å². The molecule has 1 atom stereocenters. The molecule has 2 aromatic heterocycles. The van der Waals surface area contributed by atoms with Gasteiger partial charge in [0, 0.05) is 23.0 Å². The summed E-state index contributed by atoms with van der Waals surface area (Å²) >= 11 is 1.82. The van der Waals surface area contributed by atoms with Crippen LogP contribution in [0.15, 0.2) is 54.4 Å². The van der Waals surface area contributed by atoms with Gasteiger partial charge in [0.25, 0.3) is 0 Å². The molecule has 0 aliphatic rings. The molecule has 0 radical (unpaired) electrons. The van der Waals surface area contributed by atoms with Crippen LogP contribution in [-0.4, -0.2) is 15.7 Å². The van der Waals surface area contributed by atoms with Crippen LogP contribution in [-0.2, 0) is 13.0 Å². The monoisotopic (exact) mass is 327 g/mol. The van der Waals surface area contributed by atoms with Gasteiger partial charge in [-0.25, -0.2) is 4.98 Å². The van der Waals surface area contributed by atoms with Crippen molar-refractivity contribution >= 4 is 17.0 Å². The summed E-state index contributed by atoms with van der Waals surface area (Å²) in [4.78, 5) is 5.51. The topological polar surface area (TPSA) is 53.1 Å². The first-order valence-corrected chi connectivity index (χ1v) is 8.59. The van der Waals surface area contributed by atoms with Crippen LogP contribution in [0.5, 0.6) is 5.75 Å². The number of hydrogen-bond donors (Lipinski definition) is 1. The number of anilines is 1. The van der Waals surface area contributed by atoms with E-state index in [1.54, 1.807) is 6.20 Å². The van der Waals surface area contributed by atoms with Crippen LogP contribution in [0.1, 0.15) is 16.9 Å². The molecular weight excluding hydrogens is 306 g/mol. The van der Waals surface area contributed by atoms with Crippen LogP contribution in [0.25, 0.3) is 0 Å². The van der Waals surface area contributed by atoms with Gasteiger partial charge in [-0.3, -0.25) is 0 Å². The van der Waals surface area contributed by atoms with Crippen molar-refractivity contribution < 1.29 is 4.74 Å². The molecule has 0 bridgehead atoms. The van der Waals surface area contributed by atoms with Crippen LogP contribution in [0.3, 0.4) is 0 Å². The summed E-state index contributed by atoms with van der Waals surface area (Å²) < 4.78 is 8.23. The molecule has 0 saturated heterocycles. The quantitative estimate of drug-likeness (QED) is 0.669. The molecule has 3 aromatic rings. The van der Waals surface area contributed by atoms with Crippen molar-refractivity contribution in [1.82, 2.24) is 9.55 Å². The second-order valence-corrected chi connectivity index (χ2v) is 6.69. The van der Waals surface area contributed by atoms with E-state index in [1.165, 1.54) is 10.4 Å². The van der Waals surface area contributed by atoms with E-state index in [0.29, 0.717) is 0 Å². The van der Waals surface area contributed by atoms with Gasteiger partial charge in [0.05, 0.1) is 12.9 Å². The van der Waals surface area contributed by atoms with E-state index in [1.807, 2.05) is 48.1 Å². The van der Waals surface area contributed by atoms with E-state index in [-0.39, 0.29) is 6.10 Å². The van der Waals surface area contributed by atoms with Crippen LogP contribution in [0.4, 0.5) is 5.69 Å². The number of imidazole rings is 1. The van der Waals surface area contributed by atoms with Gasteiger partial charge in [0.2, 0.25) is 0 Å². The smallest absolute Gasteiger partial charge is 0.119 e. The Morgan fingerprint density at radius 1 is 1.30 bits per heavy atom. The number of rotatable bonds is 7. The predicted octanol–water partition coefficient (Wildman–Crippen LogP) is 3.92. The Labute approximate surface area is 140 Å². The first-order valence-electron chi connectivity index (χ1n) is 7.71. The van der Waals surface area contributed by atoms with Gasteiger partial charge < -0.3 is 15.0 Å². The highest BCUT2D eigenvalue weighted by Gasteiger charge is 2.13. The first-order chi connectivity index (χ1) is 11.2. The largest absolute Gasteiger partial charge is 0.489 e. The molecule has 4 nitrogen and oxygen atoms in total. The van der Waals surface area contributed by atoms with Crippen LogP contribution in [0, 0.1) is 6.92 Å². The maximum Gasteiger partial charge on any atom is 0.119 e. The number of hydrogen-bond acceptors (Lipinski definition) is 4. The minimum absolute atomic E-state index is 0.0928. The summed E-state index contributed by atoms with van der Waals surface area (Å²) in [5.74, 6) is 0.853. The molecule has 0 amide bonds. The Hall–Kier alpha value is -2.27. The molecule has 2 N–H and O–H groups in total. The minimum atomic E-state index is 0.0928. The van der Waals surface area contributed by atoms with Gasteiger partial charge in [-0.1, -0.05) is 0 Å². The number of ether oxygens (including phenoxy) is 1. The molecule has 3 rings (SSSR count). The second-order valence-electron chi connectivity index (χ2n) is 5.70. The highest BCUT2D eigenvalue weighted by molar-refractivity contribution is 7.10. The third kappa shape index (κ3) is 4.60. The second kappa shape index (κ2) is 7.33. The fourth-order valence-electron chi connectivity index (χ4n) is 2.48. The minimum Gasteiger partial charge on any atom is -0.489 e. The molecule has 0 aliphatic carbocycles. The summed E-state index contributed by atoms with van der Waals surface area (Å²) in [6.45, 7) is 2.92. The maximum absolute atomic E-state index is 6.17. The van der Waals surface area contributed by atoms with Crippen molar-refractivity contribution in [2.45, 2.75) is 32.4 Å². The Bertz CT molecular complexity index is 719. The number of nitrogens with two attached hydrogens (primary N) is 1. The fraction of sp³-hybridized carbons (Fsp3) is 0.278. The Kier molecular flexibility index (Phi) is 4.98. The molecule has 0 saturated carbocycles. The summed E-state index contributed by atoms with van der Waals surface area (Å²) in [6.07, 6.45) is 7.66. The third-order valence-electron chi connectivity index (χ3n) is 3.65. The Balaban J connectivity index is 1.66. The molecular formula is C18H21N3OS. The highest BCUT2D eigenvalue weighted by Crippen LogP contribution is 2.20. The molecule has 0 fully saturated rings. The lowest BCUT2D eigenvalue weighted by atomic mass is 10.1. The molecule has 5 heteroatoms. The fourth-order valence-corrected chi connectivity index (χ4v) is 3.38. The van der Waals surface area contributed by atoms with E-state index in [2.05, 4.69) is 27.9 Å². The molecule has 0 spiro atoms. The molecule has 1 aromatic carbocycles. The summed E-state index contributed by atoms with van der Waals surface area (Å²) in [7, 11) is 0. The van der Waals surface area contributed by atoms with Gasteiger partial charge in [0.15, 0.2) is 0 Å². The van der Waals surface area contributed by atoms with Crippen LogP contribution >= 0.6 is 11.3 Å². The molecule has 23 heavy (non-hydrogen) atoms. The predicted molar refractivity (Wildman–Crippen MR) is 94.9 cm³/mol. The van der Waals surface area contributed by atoms with E-state index < -0.39 is 0 Å². The van der Waals surface area contributed by atoms with E-state index in [0.717, 1.165) is 30.8 Å². The van der Waals surface area contributed by atoms with Gasteiger partial charge in [0.1, 0.15) is 11.9 Å². The van der Waals surface area contributed by atoms with E-state index >= 15 is 0 Å². The van der Waals surface area contributed by atoms with E-state index in [4.69, 9.17) is 10.5 Å². The number of aromatic nitrogens is 2. The molecule has 2 heterocycles. The first kappa shape index (κ1) is 15.6. The lowest BCUT2D eigenvalue weighted by Gasteiger charge is -2.19. The average molecular weight is 327 g/mol. The number of nitrogen functional groups attached to an aromatic ring is 1. The van der Waals surface area contributed by atoms with E-state index in [9.17, 15) is 0 Å². The van der Waals surface area contributed by atoms with Crippen molar-refractivity contribution in [2.24, 2.45) is 0 Å². The summed E-state index contributed by atoms with van der Waals surface area (Å²) in [5.41, 5.74) is 7.81. The third-order valence-corrected chi connectivity index (χ3v) is 4.77. The molecule has 1 unspecified atom stereocenters. The Morgan fingerprint density at radius 2 is 2.13 bits per heavy atom. The normalized spacial score (nSPS) is 12.2. The standard InChI is InChI=1S/C18H21N3OS/c1-14-10-18(23-12-14)7-6-17(11-21-9-8-20-13-21)22-16-4-2-15(19)3-5-16/h2-5,8-10,12-13,17H,6-7,11,19H2,1H3. The molecule has 0 aliphatic heterocycles. The van der Waals surface area contributed by atoms with Gasteiger partial charge in [-0.05, 0) is 61.0 Å². The zero-order chi connectivity index (χ0) is 16.1. The average Bonchev–Trinajstić information content (AvgIpc) is 3.19.